The Hall–Kier alpha value is -1.60. The molecule has 0 saturated heterocycles. The second kappa shape index (κ2) is 3.19. The summed E-state index contributed by atoms with van der Waals surface area (Å²) in [5.41, 5.74) is -1.16. The van der Waals surface area contributed by atoms with Crippen molar-refractivity contribution in [3.63, 3.8) is 0 Å². The molecule has 0 amide bonds. The van der Waals surface area contributed by atoms with Gasteiger partial charge in [-0.3, -0.25) is 4.79 Å². The van der Waals surface area contributed by atoms with Gasteiger partial charge in [0.15, 0.2) is 0 Å². The molecule has 1 aromatic rings. The van der Waals surface area contributed by atoms with Crippen molar-refractivity contribution in [2.45, 2.75) is 24.4 Å². The first kappa shape index (κ1) is 10.9. The molecular weight excluding hydrogens is 229 g/mol. The van der Waals surface area contributed by atoms with E-state index in [4.69, 9.17) is 0 Å². The number of esters is 1. The third-order valence-electron chi connectivity index (χ3n) is 2.42. The molecule has 1 fully saturated rings. The van der Waals surface area contributed by atoms with Crippen LogP contribution in [-0.2, 0) is 21.1 Å². The van der Waals surface area contributed by atoms with E-state index in [9.17, 15) is 18.0 Å². The fraction of sp³-hybridized carbons (Fsp3) is 0.625. The second-order valence-corrected chi connectivity index (χ2v) is 3.49. The molecule has 1 aliphatic rings. The Balaban J connectivity index is 2.30. The number of methoxy groups -OCH3 is 1. The topological polar surface area (TPSA) is 65.2 Å². The number of aromatic nitrogens is 2. The lowest BCUT2D eigenvalue weighted by molar-refractivity contribution is -0.146. The minimum Gasteiger partial charge on any atom is -0.468 e. The summed E-state index contributed by atoms with van der Waals surface area (Å²) in [6.45, 7) is 0. The molecule has 5 nitrogen and oxygen atoms in total. The van der Waals surface area contributed by atoms with Crippen LogP contribution in [0.1, 0.15) is 24.6 Å². The van der Waals surface area contributed by atoms with Crippen molar-refractivity contribution in [2.24, 2.45) is 0 Å². The Morgan fingerprint density at radius 1 is 1.50 bits per heavy atom. The average Bonchev–Trinajstić information content (AvgIpc) is 2.85. The number of ether oxygens (including phenoxy) is 1. The van der Waals surface area contributed by atoms with Gasteiger partial charge < -0.3 is 9.26 Å². The van der Waals surface area contributed by atoms with Crippen LogP contribution >= 0.6 is 0 Å². The van der Waals surface area contributed by atoms with E-state index >= 15 is 0 Å². The maximum atomic E-state index is 12.2. The van der Waals surface area contributed by atoms with Crippen molar-refractivity contribution in [3.05, 3.63) is 11.7 Å². The summed E-state index contributed by atoms with van der Waals surface area (Å²) in [5.74, 6) is -2.35. The standard InChI is InChI=1S/C8H7F3N2O3/c1-15-6(14)7(2-3-7)5-12-4(13-16-5)8(9,10)11/h2-3H2,1H3. The highest BCUT2D eigenvalue weighted by Gasteiger charge is 2.58. The van der Waals surface area contributed by atoms with E-state index in [1.807, 2.05) is 0 Å². The molecule has 1 aliphatic carbocycles. The molecule has 0 atom stereocenters. The number of hydrogen-bond acceptors (Lipinski definition) is 5. The van der Waals surface area contributed by atoms with Crippen LogP contribution in [0.2, 0.25) is 0 Å². The minimum atomic E-state index is -4.67. The summed E-state index contributed by atoms with van der Waals surface area (Å²) in [4.78, 5) is 14.5. The van der Waals surface area contributed by atoms with E-state index in [0.717, 1.165) is 7.11 Å². The van der Waals surface area contributed by atoms with Gasteiger partial charge in [0, 0.05) is 0 Å². The Morgan fingerprint density at radius 3 is 2.50 bits per heavy atom. The molecule has 0 aromatic carbocycles. The number of carbonyl (C=O) groups is 1. The maximum Gasteiger partial charge on any atom is 0.455 e. The second-order valence-electron chi connectivity index (χ2n) is 3.49. The number of alkyl halides is 3. The summed E-state index contributed by atoms with van der Waals surface area (Å²) in [5, 5.41) is 2.79. The number of carbonyl (C=O) groups excluding carboxylic acids is 1. The zero-order valence-electron chi connectivity index (χ0n) is 8.17. The highest BCUT2D eigenvalue weighted by molar-refractivity contribution is 5.85. The van der Waals surface area contributed by atoms with E-state index < -0.39 is 23.4 Å². The monoisotopic (exact) mass is 236 g/mol. The number of halogens is 3. The zero-order valence-corrected chi connectivity index (χ0v) is 8.17. The molecule has 16 heavy (non-hydrogen) atoms. The lowest BCUT2D eigenvalue weighted by Crippen LogP contribution is -2.22. The van der Waals surface area contributed by atoms with E-state index in [0.29, 0.717) is 12.8 Å². The fourth-order valence-corrected chi connectivity index (χ4v) is 1.36. The predicted molar refractivity (Wildman–Crippen MR) is 42.2 cm³/mol. The van der Waals surface area contributed by atoms with E-state index in [2.05, 4.69) is 19.4 Å². The van der Waals surface area contributed by atoms with Crippen molar-refractivity contribution in [1.82, 2.24) is 10.1 Å². The molecule has 2 rings (SSSR count). The molecule has 8 heteroatoms. The third kappa shape index (κ3) is 1.54. The molecule has 0 spiro atoms. The van der Waals surface area contributed by atoms with Crippen molar-refractivity contribution < 1.29 is 27.2 Å². The first-order valence-electron chi connectivity index (χ1n) is 4.40. The molecule has 0 aliphatic heterocycles. The molecule has 88 valence electrons. The number of nitrogens with zero attached hydrogens (tertiary/aromatic N) is 2. The fourth-order valence-electron chi connectivity index (χ4n) is 1.36. The van der Waals surface area contributed by atoms with Gasteiger partial charge in [-0.25, -0.2) is 0 Å². The number of rotatable bonds is 2. The largest absolute Gasteiger partial charge is 0.468 e. The van der Waals surface area contributed by atoms with Crippen molar-refractivity contribution in [1.29, 1.82) is 0 Å². The molecule has 0 radical (unpaired) electrons. The SMILES string of the molecule is COC(=O)C1(c2nc(C(F)(F)F)no2)CC1. The normalized spacial score (nSPS) is 18.2. The van der Waals surface area contributed by atoms with E-state index in [1.165, 1.54) is 0 Å². The van der Waals surface area contributed by atoms with Gasteiger partial charge in [0.1, 0.15) is 5.41 Å². The minimum absolute atomic E-state index is 0.327. The quantitative estimate of drug-likeness (QED) is 0.724. The van der Waals surface area contributed by atoms with Crippen molar-refractivity contribution in [3.8, 4) is 0 Å². The predicted octanol–water partition coefficient (Wildman–Crippen LogP) is 1.29. The van der Waals surface area contributed by atoms with Gasteiger partial charge >= 0.3 is 12.1 Å². The van der Waals surface area contributed by atoms with Gasteiger partial charge in [0.05, 0.1) is 7.11 Å². The zero-order chi connectivity index (χ0) is 12.0. The van der Waals surface area contributed by atoms with Crippen LogP contribution < -0.4 is 0 Å². The van der Waals surface area contributed by atoms with Crippen LogP contribution in [0.5, 0.6) is 0 Å². The molecule has 1 heterocycles. The summed E-state index contributed by atoms with van der Waals surface area (Å²) in [6.07, 6.45) is -3.95. The lowest BCUT2D eigenvalue weighted by Gasteiger charge is -2.05. The molecule has 0 unspecified atom stereocenters. The molecule has 1 aromatic heterocycles. The average molecular weight is 236 g/mol. The van der Waals surface area contributed by atoms with E-state index in [1.54, 1.807) is 0 Å². The molecule has 1 saturated carbocycles. The molecule has 0 N–H and O–H groups in total. The molecular formula is C8H7F3N2O3. The van der Waals surface area contributed by atoms with Crippen LogP contribution in [0.4, 0.5) is 13.2 Å². The van der Waals surface area contributed by atoms with Crippen molar-refractivity contribution >= 4 is 5.97 Å². The van der Waals surface area contributed by atoms with Gasteiger partial charge in [-0.1, -0.05) is 5.16 Å². The summed E-state index contributed by atoms with van der Waals surface area (Å²) in [7, 11) is 1.16. The highest BCUT2D eigenvalue weighted by Crippen LogP contribution is 2.48. The highest BCUT2D eigenvalue weighted by atomic mass is 19.4. The van der Waals surface area contributed by atoms with Crippen molar-refractivity contribution in [2.75, 3.05) is 7.11 Å². The van der Waals surface area contributed by atoms with E-state index in [-0.39, 0.29) is 5.89 Å². The Labute approximate surface area is 87.6 Å². The van der Waals surface area contributed by atoms with Gasteiger partial charge in [-0.15, -0.1) is 0 Å². The molecule has 0 bridgehead atoms. The Bertz CT molecular complexity index is 422. The first-order chi connectivity index (χ1) is 7.40. The Kier molecular flexibility index (Phi) is 2.18. The smallest absolute Gasteiger partial charge is 0.455 e. The lowest BCUT2D eigenvalue weighted by atomic mass is 10.1. The van der Waals surface area contributed by atoms with Gasteiger partial charge in [0.2, 0.25) is 5.89 Å². The Morgan fingerprint density at radius 2 is 2.12 bits per heavy atom. The third-order valence-corrected chi connectivity index (χ3v) is 2.42. The summed E-state index contributed by atoms with van der Waals surface area (Å²) < 4.78 is 45.5. The first-order valence-corrected chi connectivity index (χ1v) is 4.40. The van der Waals surface area contributed by atoms with Crippen LogP contribution in [0.3, 0.4) is 0 Å². The van der Waals surface area contributed by atoms with Crippen LogP contribution in [0.15, 0.2) is 4.52 Å². The van der Waals surface area contributed by atoms with Gasteiger partial charge in [0.25, 0.3) is 5.82 Å². The van der Waals surface area contributed by atoms with Crippen LogP contribution in [0, 0.1) is 0 Å². The van der Waals surface area contributed by atoms with Crippen LogP contribution in [-0.4, -0.2) is 23.2 Å². The van der Waals surface area contributed by atoms with Crippen LogP contribution in [0.25, 0.3) is 0 Å². The summed E-state index contributed by atoms with van der Waals surface area (Å²) >= 11 is 0. The van der Waals surface area contributed by atoms with Gasteiger partial charge in [-0.05, 0) is 12.8 Å². The van der Waals surface area contributed by atoms with Gasteiger partial charge in [-0.2, -0.15) is 18.2 Å². The summed E-state index contributed by atoms with van der Waals surface area (Å²) in [6, 6.07) is 0. The number of hydrogen-bond donors (Lipinski definition) is 0. The maximum absolute atomic E-state index is 12.2.